The first kappa shape index (κ1) is 17.4. The molecule has 1 amide bonds. The second kappa shape index (κ2) is 7.21. The molecule has 0 bridgehead atoms. The highest BCUT2D eigenvalue weighted by molar-refractivity contribution is 7.80. The van der Waals surface area contributed by atoms with E-state index in [0.717, 1.165) is 5.56 Å². The fraction of sp³-hybridized carbons (Fsp3) is 0.111. The van der Waals surface area contributed by atoms with Gasteiger partial charge in [-0.15, -0.1) is 0 Å². The fourth-order valence-corrected chi connectivity index (χ4v) is 3.11. The van der Waals surface area contributed by atoms with Crippen LogP contribution in [0.25, 0.3) is 0 Å². The van der Waals surface area contributed by atoms with Gasteiger partial charge in [0.1, 0.15) is 5.82 Å². The van der Waals surface area contributed by atoms with Crippen molar-refractivity contribution in [1.82, 2.24) is 10.6 Å². The third-order valence-electron chi connectivity index (χ3n) is 3.84. The minimum Gasteiger partial charge on any atom is -0.351 e. The second-order valence-electron chi connectivity index (χ2n) is 5.56. The summed E-state index contributed by atoms with van der Waals surface area (Å²) in [5, 5.41) is 9.67. The van der Waals surface area contributed by atoms with Crippen molar-refractivity contribution in [2.24, 2.45) is 0 Å². The molecule has 25 heavy (non-hydrogen) atoms. The lowest BCUT2D eigenvalue weighted by Crippen LogP contribution is -2.45. The van der Waals surface area contributed by atoms with Crippen molar-refractivity contribution in [2.45, 2.75) is 13.0 Å². The number of thiocarbonyl (C=S) groups is 1. The second-order valence-corrected chi connectivity index (χ2v) is 6.37. The average molecular weight is 376 g/mol. The summed E-state index contributed by atoms with van der Waals surface area (Å²) in [4.78, 5) is 12.9. The number of rotatable bonds is 3. The number of carbonyl (C=O) groups excluding carboxylic acids is 1. The first-order chi connectivity index (χ1) is 12.0. The minimum absolute atomic E-state index is 0.317. The number of amides is 1. The van der Waals surface area contributed by atoms with Crippen LogP contribution >= 0.6 is 23.8 Å². The maximum absolute atomic E-state index is 13.2. The lowest BCUT2D eigenvalue weighted by atomic mass is 9.95. The van der Waals surface area contributed by atoms with Crippen LogP contribution in [-0.4, -0.2) is 11.0 Å². The van der Waals surface area contributed by atoms with Crippen LogP contribution in [0.1, 0.15) is 18.5 Å². The van der Waals surface area contributed by atoms with Crippen molar-refractivity contribution in [1.29, 1.82) is 0 Å². The zero-order valence-corrected chi connectivity index (χ0v) is 14.8. The number of carbonyl (C=O) groups is 1. The van der Waals surface area contributed by atoms with Crippen molar-refractivity contribution in [2.75, 3.05) is 5.32 Å². The first-order valence-corrected chi connectivity index (χ1v) is 8.34. The van der Waals surface area contributed by atoms with Gasteiger partial charge in [0.05, 0.1) is 22.3 Å². The topological polar surface area (TPSA) is 53.2 Å². The lowest BCUT2D eigenvalue weighted by molar-refractivity contribution is -0.113. The summed E-state index contributed by atoms with van der Waals surface area (Å²) in [6.45, 7) is 1.77. The number of hydrogen-bond acceptors (Lipinski definition) is 2. The van der Waals surface area contributed by atoms with Gasteiger partial charge in [-0.3, -0.25) is 4.79 Å². The van der Waals surface area contributed by atoms with Crippen LogP contribution in [0.2, 0.25) is 5.02 Å². The number of benzene rings is 2. The monoisotopic (exact) mass is 375 g/mol. The first-order valence-electron chi connectivity index (χ1n) is 7.55. The molecule has 128 valence electrons. The molecule has 0 saturated heterocycles. The van der Waals surface area contributed by atoms with Crippen LogP contribution in [-0.2, 0) is 4.79 Å². The largest absolute Gasteiger partial charge is 0.351 e. The van der Waals surface area contributed by atoms with E-state index in [2.05, 4.69) is 16.0 Å². The molecule has 1 heterocycles. The smallest absolute Gasteiger partial charge is 0.255 e. The summed E-state index contributed by atoms with van der Waals surface area (Å²) in [5.74, 6) is -0.662. The normalized spacial score (nSPS) is 16.9. The van der Waals surface area contributed by atoms with Gasteiger partial charge in [-0.1, -0.05) is 35.9 Å². The van der Waals surface area contributed by atoms with Crippen LogP contribution in [0.5, 0.6) is 0 Å². The molecule has 0 radical (unpaired) electrons. The molecule has 3 N–H and O–H groups in total. The highest BCUT2D eigenvalue weighted by atomic mass is 35.5. The standard InChI is InChI=1S/C18H15ClFN3OS/c1-10-15(17(24)22-14-5-3-2-4-13(14)19)16(23-18(25)21-10)11-6-8-12(20)9-7-11/h2-9,16H,1H3,(H,22,24)(H2,21,23,25)/t16-/m1/s1. The predicted octanol–water partition coefficient (Wildman–Crippen LogP) is 3.91. The number of anilines is 1. The third kappa shape index (κ3) is 3.81. The summed E-state index contributed by atoms with van der Waals surface area (Å²) in [7, 11) is 0. The molecule has 0 unspecified atom stereocenters. The Morgan fingerprint density at radius 1 is 1.20 bits per heavy atom. The zero-order chi connectivity index (χ0) is 18.0. The molecule has 0 spiro atoms. The van der Waals surface area contributed by atoms with E-state index in [1.807, 2.05) is 0 Å². The molecule has 1 aliphatic heterocycles. The van der Waals surface area contributed by atoms with Gasteiger partial charge in [0.25, 0.3) is 5.91 Å². The van der Waals surface area contributed by atoms with Crippen LogP contribution in [0.15, 0.2) is 59.8 Å². The Labute approximate surface area is 155 Å². The summed E-state index contributed by atoms with van der Waals surface area (Å²) in [5.41, 5.74) is 2.33. The summed E-state index contributed by atoms with van der Waals surface area (Å²) < 4.78 is 13.2. The molecule has 4 nitrogen and oxygen atoms in total. The molecule has 7 heteroatoms. The van der Waals surface area contributed by atoms with Gasteiger partial charge >= 0.3 is 0 Å². The molecule has 2 aromatic carbocycles. The Hall–Kier alpha value is -2.44. The molecule has 0 aliphatic carbocycles. The van der Waals surface area contributed by atoms with Gasteiger partial charge in [0.2, 0.25) is 0 Å². The Balaban J connectivity index is 1.96. The summed E-state index contributed by atoms with van der Waals surface area (Å²) in [6, 6.07) is 12.4. The SMILES string of the molecule is CC1=C(C(=O)Nc2ccccc2Cl)[C@@H](c2ccc(F)cc2)NC(=S)N1. The molecule has 2 aromatic rings. The molecule has 1 atom stereocenters. The van der Waals surface area contributed by atoms with Crippen LogP contribution in [0.4, 0.5) is 10.1 Å². The van der Waals surface area contributed by atoms with Crippen LogP contribution in [0, 0.1) is 5.82 Å². The van der Waals surface area contributed by atoms with E-state index in [-0.39, 0.29) is 11.7 Å². The highest BCUT2D eigenvalue weighted by Crippen LogP contribution is 2.29. The summed E-state index contributed by atoms with van der Waals surface area (Å²) in [6.07, 6.45) is 0. The maximum Gasteiger partial charge on any atom is 0.255 e. The number of para-hydroxylation sites is 1. The van der Waals surface area contributed by atoms with Crippen molar-refractivity contribution in [3.8, 4) is 0 Å². The Morgan fingerprint density at radius 2 is 1.88 bits per heavy atom. The van der Waals surface area contributed by atoms with E-state index in [9.17, 15) is 9.18 Å². The van der Waals surface area contributed by atoms with Crippen molar-refractivity contribution in [3.63, 3.8) is 0 Å². The van der Waals surface area contributed by atoms with Gasteiger partial charge in [0, 0.05) is 5.70 Å². The van der Waals surface area contributed by atoms with Crippen molar-refractivity contribution in [3.05, 3.63) is 76.2 Å². The predicted molar refractivity (Wildman–Crippen MR) is 101 cm³/mol. The van der Waals surface area contributed by atoms with E-state index in [1.165, 1.54) is 12.1 Å². The molecule has 0 fully saturated rings. The van der Waals surface area contributed by atoms with Crippen molar-refractivity contribution >= 4 is 40.5 Å². The maximum atomic E-state index is 13.2. The fourth-order valence-electron chi connectivity index (χ4n) is 2.65. The Kier molecular flexibility index (Phi) is 5.01. The van der Waals surface area contributed by atoms with Gasteiger partial charge in [-0.2, -0.15) is 0 Å². The molecular formula is C18H15ClFN3OS. The van der Waals surface area contributed by atoms with Crippen LogP contribution in [0.3, 0.4) is 0 Å². The summed E-state index contributed by atoms with van der Waals surface area (Å²) >= 11 is 11.3. The Bertz CT molecular complexity index is 867. The minimum atomic E-state index is -0.489. The van der Waals surface area contributed by atoms with E-state index in [4.69, 9.17) is 23.8 Å². The van der Waals surface area contributed by atoms with E-state index in [0.29, 0.717) is 27.1 Å². The number of hydrogen-bond donors (Lipinski definition) is 3. The van der Waals surface area contributed by atoms with Crippen LogP contribution < -0.4 is 16.0 Å². The molecular weight excluding hydrogens is 361 g/mol. The van der Waals surface area contributed by atoms with E-state index < -0.39 is 6.04 Å². The van der Waals surface area contributed by atoms with Gasteiger partial charge in [-0.05, 0) is 49.0 Å². The van der Waals surface area contributed by atoms with Gasteiger partial charge in [-0.25, -0.2) is 4.39 Å². The number of allylic oxidation sites excluding steroid dienone is 1. The van der Waals surface area contributed by atoms with Gasteiger partial charge in [0.15, 0.2) is 5.11 Å². The van der Waals surface area contributed by atoms with E-state index in [1.54, 1.807) is 43.3 Å². The van der Waals surface area contributed by atoms with Crippen molar-refractivity contribution < 1.29 is 9.18 Å². The number of halogens is 2. The third-order valence-corrected chi connectivity index (χ3v) is 4.39. The molecule has 0 aromatic heterocycles. The quantitative estimate of drug-likeness (QED) is 0.712. The average Bonchev–Trinajstić information content (AvgIpc) is 2.57. The van der Waals surface area contributed by atoms with E-state index >= 15 is 0 Å². The zero-order valence-electron chi connectivity index (χ0n) is 13.3. The molecule has 3 rings (SSSR count). The lowest BCUT2D eigenvalue weighted by Gasteiger charge is -2.30. The molecule has 0 saturated carbocycles. The highest BCUT2D eigenvalue weighted by Gasteiger charge is 2.30. The molecule has 1 aliphatic rings. The van der Waals surface area contributed by atoms with Gasteiger partial charge < -0.3 is 16.0 Å². The Morgan fingerprint density at radius 3 is 2.56 bits per heavy atom. The number of nitrogens with one attached hydrogen (secondary N) is 3.